The first kappa shape index (κ1) is 10.5. The van der Waals surface area contributed by atoms with E-state index >= 15 is 0 Å². The third-order valence-electron chi connectivity index (χ3n) is 3.02. The van der Waals surface area contributed by atoms with Gasteiger partial charge in [0.05, 0.1) is 5.41 Å². The zero-order valence-electron chi connectivity index (χ0n) is 9.29. The third kappa shape index (κ3) is 1.85. The van der Waals surface area contributed by atoms with E-state index in [1.807, 2.05) is 14.1 Å². The maximum absolute atomic E-state index is 11.9. The molecule has 1 saturated heterocycles. The van der Waals surface area contributed by atoms with Crippen LogP contribution in [0.2, 0.25) is 0 Å². The predicted octanol–water partition coefficient (Wildman–Crippen LogP) is 0.805. The minimum Gasteiger partial charge on any atom is -0.348 e. The standard InChI is InChI=1S/C10H20N2O/c1-8-6-10(2,7-12(8)5)9(13)11(3)4/h8H,6-7H2,1-5H3. The van der Waals surface area contributed by atoms with Crippen LogP contribution in [0.4, 0.5) is 0 Å². The number of likely N-dealkylation sites (tertiary alicyclic amines) is 1. The van der Waals surface area contributed by atoms with Crippen LogP contribution in [0.1, 0.15) is 20.3 Å². The van der Waals surface area contributed by atoms with E-state index in [1.54, 1.807) is 4.90 Å². The number of amides is 1. The van der Waals surface area contributed by atoms with E-state index in [9.17, 15) is 4.79 Å². The molecule has 0 aromatic rings. The lowest BCUT2D eigenvalue weighted by atomic mass is 9.86. The van der Waals surface area contributed by atoms with Crippen LogP contribution in [0, 0.1) is 5.41 Å². The summed E-state index contributed by atoms with van der Waals surface area (Å²) >= 11 is 0. The first-order valence-corrected chi connectivity index (χ1v) is 4.79. The largest absolute Gasteiger partial charge is 0.348 e. The SMILES string of the molecule is CC1CC(C)(C(=O)N(C)C)CN1C. The van der Waals surface area contributed by atoms with E-state index in [-0.39, 0.29) is 11.3 Å². The van der Waals surface area contributed by atoms with Crippen LogP contribution in [0.5, 0.6) is 0 Å². The Morgan fingerprint density at radius 2 is 2.08 bits per heavy atom. The Morgan fingerprint density at radius 3 is 2.38 bits per heavy atom. The second-order valence-electron chi connectivity index (χ2n) is 4.73. The predicted molar refractivity (Wildman–Crippen MR) is 53.5 cm³/mol. The maximum atomic E-state index is 11.9. The second kappa shape index (κ2) is 3.29. The highest BCUT2D eigenvalue weighted by atomic mass is 16.2. The molecule has 0 aromatic carbocycles. The van der Waals surface area contributed by atoms with Gasteiger partial charge in [0.1, 0.15) is 0 Å². The topological polar surface area (TPSA) is 23.6 Å². The summed E-state index contributed by atoms with van der Waals surface area (Å²) in [5.74, 6) is 0.253. The van der Waals surface area contributed by atoms with Crippen LogP contribution in [-0.4, -0.2) is 49.4 Å². The van der Waals surface area contributed by atoms with Crippen LogP contribution in [-0.2, 0) is 4.79 Å². The molecule has 1 fully saturated rings. The molecule has 1 heterocycles. The van der Waals surface area contributed by atoms with Crippen LogP contribution >= 0.6 is 0 Å². The van der Waals surface area contributed by atoms with Crippen LogP contribution in [0.3, 0.4) is 0 Å². The summed E-state index contributed by atoms with van der Waals surface area (Å²) in [5, 5.41) is 0. The van der Waals surface area contributed by atoms with Gasteiger partial charge in [-0.3, -0.25) is 4.79 Å². The Hall–Kier alpha value is -0.570. The molecule has 0 aliphatic carbocycles. The lowest BCUT2D eigenvalue weighted by Crippen LogP contribution is -2.39. The first-order chi connectivity index (χ1) is 5.87. The summed E-state index contributed by atoms with van der Waals surface area (Å²) in [4.78, 5) is 15.8. The van der Waals surface area contributed by atoms with Crippen molar-refractivity contribution >= 4 is 5.91 Å². The van der Waals surface area contributed by atoms with Crippen molar-refractivity contribution in [1.29, 1.82) is 0 Å². The Labute approximate surface area is 80.7 Å². The molecule has 1 amide bonds. The molecule has 0 bridgehead atoms. The van der Waals surface area contributed by atoms with Gasteiger partial charge in [-0.15, -0.1) is 0 Å². The lowest BCUT2D eigenvalue weighted by molar-refractivity contribution is -0.137. The van der Waals surface area contributed by atoms with Crippen molar-refractivity contribution in [3.63, 3.8) is 0 Å². The molecule has 0 aromatic heterocycles. The van der Waals surface area contributed by atoms with Crippen molar-refractivity contribution in [3.8, 4) is 0 Å². The normalized spacial score (nSPS) is 35.0. The second-order valence-corrected chi connectivity index (χ2v) is 4.73. The van der Waals surface area contributed by atoms with Gasteiger partial charge in [-0.1, -0.05) is 0 Å². The van der Waals surface area contributed by atoms with Gasteiger partial charge in [0, 0.05) is 26.7 Å². The van der Waals surface area contributed by atoms with E-state index in [2.05, 4.69) is 25.8 Å². The Morgan fingerprint density at radius 1 is 1.54 bits per heavy atom. The van der Waals surface area contributed by atoms with Crippen molar-refractivity contribution in [3.05, 3.63) is 0 Å². The fourth-order valence-electron chi connectivity index (χ4n) is 2.27. The van der Waals surface area contributed by atoms with Crippen molar-refractivity contribution in [2.45, 2.75) is 26.3 Å². The van der Waals surface area contributed by atoms with Crippen molar-refractivity contribution < 1.29 is 4.79 Å². The molecule has 1 aliphatic rings. The van der Waals surface area contributed by atoms with Crippen LogP contribution in [0.25, 0.3) is 0 Å². The molecule has 76 valence electrons. The monoisotopic (exact) mass is 184 g/mol. The Balaban J connectivity index is 2.74. The highest BCUT2D eigenvalue weighted by Crippen LogP contribution is 2.34. The Bertz CT molecular complexity index is 203. The molecule has 3 nitrogen and oxygen atoms in total. The molecule has 0 spiro atoms. The number of hydrogen-bond acceptors (Lipinski definition) is 2. The molecule has 1 aliphatic heterocycles. The highest BCUT2D eigenvalue weighted by molar-refractivity contribution is 5.82. The van der Waals surface area contributed by atoms with Gasteiger partial charge in [-0.25, -0.2) is 0 Å². The first-order valence-electron chi connectivity index (χ1n) is 4.79. The fraction of sp³-hybridized carbons (Fsp3) is 0.900. The van der Waals surface area contributed by atoms with Crippen molar-refractivity contribution in [1.82, 2.24) is 9.80 Å². The average molecular weight is 184 g/mol. The molecule has 2 unspecified atom stereocenters. The maximum Gasteiger partial charge on any atom is 0.229 e. The number of carbonyl (C=O) groups excluding carboxylic acids is 1. The zero-order valence-corrected chi connectivity index (χ0v) is 9.29. The summed E-state index contributed by atoms with van der Waals surface area (Å²) in [6.07, 6.45) is 0.973. The number of nitrogens with zero attached hydrogens (tertiary/aromatic N) is 2. The van der Waals surface area contributed by atoms with Crippen molar-refractivity contribution in [2.24, 2.45) is 5.41 Å². The van der Waals surface area contributed by atoms with E-state index in [4.69, 9.17) is 0 Å². The van der Waals surface area contributed by atoms with Gasteiger partial charge in [0.2, 0.25) is 5.91 Å². The van der Waals surface area contributed by atoms with Gasteiger partial charge in [-0.2, -0.15) is 0 Å². The highest BCUT2D eigenvalue weighted by Gasteiger charge is 2.43. The molecule has 1 rings (SSSR count). The minimum absolute atomic E-state index is 0.169. The minimum atomic E-state index is -0.169. The van der Waals surface area contributed by atoms with E-state index < -0.39 is 0 Å². The van der Waals surface area contributed by atoms with Gasteiger partial charge in [-0.05, 0) is 27.3 Å². The zero-order chi connectivity index (χ0) is 10.2. The molecule has 2 atom stereocenters. The number of rotatable bonds is 1. The summed E-state index contributed by atoms with van der Waals surface area (Å²) < 4.78 is 0. The van der Waals surface area contributed by atoms with E-state index in [0.29, 0.717) is 6.04 Å². The summed E-state index contributed by atoms with van der Waals surface area (Å²) in [6, 6.07) is 0.522. The van der Waals surface area contributed by atoms with E-state index in [0.717, 1.165) is 13.0 Å². The van der Waals surface area contributed by atoms with Crippen LogP contribution < -0.4 is 0 Å². The number of carbonyl (C=O) groups is 1. The van der Waals surface area contributed by atoms with Gasteiger partial charge >= 0.3 is 0 Å². The molecule has 0 N–H and O–H groups in total. The average Bonchev–Trinajstić information content (AvgIpc) is 2.26. The van der Waals surface area contributed by atoms with Gasteiger partial charge in [0.25, 0.3) is 0 Å². The smallest absolute Gasteiger partial charge is 0.229 e. The molecule has 3 heteroatoms. The van der Waals surface area contributed by atoms with Gasteiger partial charge in [0.15, 0.2) is 0 Å². The molecule has 0 radical (unpaired) electrons. The number of hydrogen-bond donors (Lipinski definition) is 0. The molecule has 0 saturated carbocycles. The van der Waals surface area contributed by atoms with E-state index in [1.165, 1.54) is 0 Å². The van der Waals surface area contributed by atoms with Crippen molar-refractivity contribution in [2.75, 3.05) is 27.7 Å². The summed E-state index contributed by atoms with van der Waals surface area (Å²) in [5.41, 5.74) is -0.169. The molecular weight excluding hydrogens is 164 g/mol. The third-order valence-corrected chi connectivity index (χ3v) is 3.02. The lowest BCUT2D eigenvalue weighted by Gasteiger charge is -2.26. The summed E-state index contributed by atoms with van der Waals surface area (Å²) in [6.45, 7) is 5.12. The van der Waals surface area contributed by atoms with Gasteiger partial charge < -0.3 is 9.80 Å². The molecule has 13 heavy (non-hydrogen) atoms. The summed E-state index contributed by atoms with van der Waals surface area (Å²) in [7, 11) is 5.74. The molecular formula is C10H20N2O. The van der Waals surface area contributed by atoms with Crippen LogP contribution in [0.15, 0.2) is 0 Å². The fourth-order valence-corrected chi connectivity index (χ4v) is 2.27. The quantitative estimate of drug-likeness (QED) is 0.602. The Kier molecular flexibility index (Phi) is 2.66.